The van der Waals surface area contributed by atoms with Gasteiger partial charge < -0.3 is 10.2 Å². The summed E-state index contributed by atoms with van der Waals surface area (Å²) in [5.41, 5.74) is 4.35. The number of rotatable bonds is 2. The molecule has 1 N–H and O–H groups in total. The van der Waals surface area contributed by atoms with E-state index < -0.39 is 0 Å². The van der Waals surface area contributed by atoms with Crippen molar-refractivity contribution >= 4 is 23.2 Å². The second kappa shape index (κ2) is 6.56. The first-order valence-electron chi connectivity index (χ1n) is 9.25. The third kappa shape index (κ3) is 2.83. The zero-order chi connectivity index (χ0) is 19.1. The van der Waals surface area contributed by atoms with Crippen LogP contribution in [0.1, 0.15) is 12.1 Å². The lowest BCUT2D eigenvalue weighted by Gasteiger charge is -2.35. The topological polar surface area (TPSA) is 87.1 Å². The van der Waals surface area contributed by atoms with Crippen molar-refractivity contribution in [3.05, 3.63) is 54.6 Å². The summed E-state index contributed by atoms with van der Waals surface area (Å²) in [5, 5.41) is 10.5. The molecule has 8 nitrogen and oxygen atoms in total. The summed E-state index contributed by atoms with van der Waals surface area (Å²) in [4.78, 5) is 26.3. The van der Waals surface area contributed by atoms with Crippen molar-refractivity contribution in [2.24, 2.45) is 0 Å². The molecule has 3 aromatic heterocycles. The van der Waals surface area contributed by atoms with Crippen LogP contribution in [0.5, 0.6) is 0 Å². The average Bonchev–Trinajstić information content (AvgIpc) is 3.13. The van der Waals surface area contributed by atoms with Gasteiger partial charge in [0.25, 0.3) is 0 Å². The van der Waals surface area contributed by atoms with Gasteiger partial charge in [-0.1, -0.05) is 0 Å². The molecule has 8 heteroatoms. The highest BCUT2D eigenvalue weighted by Gasteiger charge is 2.40. The number of urea groups is 1. The number of nitrogens with one attached hydrogen (secondary N) is 1. The van der Waals surface area contributed by atoms with E-state index in [-0.39, 0.29) is 12.1 Å². The lowest BCUT2D eigenvalue weighted by atomic mass is 10.1. The molecule has 0 aromatic carbocycles. The van der Waals surface area contributed by atoms with Crippen LogP contribution in [0, 0.1) is 6.92 Å². The van der Waals surface area contributed by atoms with Crippen molar-refractivity contribution in [1.82, 2.24) is 20.2 Å². The lowest BCUT2D eigenvalue weighted by molar-refractivity contribution is 0.255. The van der Waals surface area contributed by atoms with Gasteiger partial charge in [0.15, 0.2) is 5.82 Å². The van der Waals surface area contributed by atoms with Crippen LogP contribution in [0.15, 0.2) is 48.9 Å². The van der Waals surface area contributed by atoms with Crippen molar-refractivity contribution in [3.8, 4) is 11.3 Å². The molecule has 1 saturated heterocycles. The predicted octanol–water partition coefficient (Wildman–Crippen LogP) is 2.87. The summed E-state index contributed by atoms with van der Waals surface area (Å²) in [5.74, 6) is 0.695. The standard InChI is InChI=1S/C20H19N7O/c1-13-10-14(4-7-21-13)17-2-3-18-19(25-17)27(16-6-9-26(18)12-16)20(28)24-15-5-8-22-23-11-15/h2-5,7-8,10-11,16H,6,9,12H2,1H3,(H,22,24,28). The van der Waals surface area contributed by atoms with Crippen LogP contribution in [0.4, 0.5) is 22.0 Å². The van der Waals surface area contributed by atoms with Crippen LogP contribution in [0.25, 0.3) is 11.3 Å². The molecule has 1 atom stereocenters. The largest absolute Gasteiger partial charge is 0.366 e. The monoisotopic (exact) mass is 373 g/mol. The Kier molecular flexibility index (Phi) is 3.89. The molecular weight excluding hydrogens is 354 g/mol. The Hall–Kier alpha value is -3.55. The quantitative estimate of drug-likeness (QED) is 0.743. The Morgan fingerprint density at radius 2 is 2.11 bits per heavy atom. The maximum Gasteiger partial charge on any atom is 0.327 e. The van der Waals surface area contributed by atoms with Crippen LogP contribution in [0.3, 0.4) is 0 Å². The molecule has 140 valence electrons. The zero-order valence-corrected chi connectivity index (χ0v) is 15.4. The third-order valence-electron chi connectivity index (χ3n) is 5.20. The van der Waals surface area contributed by atoms with Gasteiger partial charge in [0.1, 0.15) is 0 Å². The Labute approximate surface area is 162 Å². The fourth-order valence-electron chi connectivity index (χ4n) is 3.89. The van der Waals surface area contributed by atoms with Gasteiger partial charge >= 0.3 is 6.03 Å². The Morgan fingerprint density at radius 3 is 2.93 bits per heavy atom. The van der Waals surface area contributed by atoms with E-state index >= 15 is 0 Å². The number of fused-ring (bicyclic) bond motifs is 4. The minimum atomic E-state index is -0.198. The lowest BCUT2D eigenvalue weighted by Crippen LogP contribution is -2.48. The summed E-state index contributed by atoms with van der Waals surface area (Å²) >= 11 is 0. The number of hydrogen-bond donors (Lipinski definition) is 1. The highest BCUT2D eigenvalue weighted by atomic mass is 16.2. The van der Waals surface area contributed by atoms with E-state index in [1.54, 1.807) is 23.4 Å². The second-order valence-corrected chi connectivity index (χ2v) is 7.04. The molecule has 5 heterocycles. The number of amides is 2. The van der Waals surface area contributed by atoms with Gasteiger partial charge in [0.2, 0.25) is 0 Å². The Morgan fingerprint density at radius 1 is 1.18 bits per heavy atom. The molecule has 2 aliphatic rings. The van der Waals surface area contributed by atoms with E-state index in [1.165, 1.54) is 6.20 Å². The number of carbonyl (C=O) groups is 1. The molecule has 5 rings (SSSR count). The van der Waals surface area contributed by atoms with Crippen LogP contribution in [0.2, 0.25) is 0 Å². The number of pyridine rings is 2. The predicted molar refractivity (Wildman–Crippen MR) is 106 cm³/mol. The minimum Gasteiger partial charge on any atom is -0.366 e. The van der Waals surface area contributed by atoms with Gasteiger partial charge in [-0.3, -0.25) is 9.88 Å². The highest BCUT2D eigenvalue weighted by molar-refractivity contribution is 6.04. The van der Waals surface area contributed by atoms with Crippen molar-refractivity contribution < 1.29 is 4.79 Å². The van der Waals surface area contributed by atoms with Crippen molar-refractivity contribution in [1.29, 1.82) is 0 Å². The van der Waals surface area contributed by atoms with E-state index in [2.05, 4.69) is 31.5 Å². The van der Waals surface area contributed by atoms with E-state index in [0.29, 0.717) is 11.5 Å². The van der Waals surface area contributed by atoms with E-state index in [4.69, 9.17) is 4.98 Å². The first-order valence-corrected chi connectivity index (χ1v) is 9.25. The number of carbonyl (C=O) groups excluding carboxylic acids is 1. The van der Waals surface area contributed by atoms with Gasteiger partial charge in [0.05, 0.1) is 35.5 Å². The van der Waals surface area contributed by atoms with Crippen molar-refractivity contribution in [2.75, 3.05) is 28.2 Å². The van der Waals surface area contributed by atoms with E-state index in [0.717, 1.165) is 42.1 Å². The molecule has 2 amide bonds. The van der Waals surface area contributed by atoms with Crippen LogP contribution < -0.4 is 15.1 Å². The van der Waals surface area contributed by atoms with E-state index in [9.17, 15) is 4.79 Å². The van der Waals surface area contributed by atoms with Gasteiger partial charge in [-0.15, -0.1) is 0 Å². The molecule has 0 saturated carbocycles. The molecule has 1 unspecified atom stereocenters. The normalized spacial score (nSPS) is 17.4. The fraction of sp³-hybridized carbons (Fsp3) is 0.250. The summed E-state index contributed by atoms with van der Waals surface area (Å²) in [7, 11) is 0. The molecule has 2 aliphatic heterocycles. The van der Waals surface area contributed by atoms with Gasteiger partial charge in [-0.05, 0) is 43.7 Å². The van der Waals surface area contributed by atoms with Gasteiger partial charge in [0, 0.05) is 30.5 Å². The molecule has 0 radical (unpaired) electrons. The third-order valence-corrected chi connectivity index (χ3v) is 5.20. The summed E-state index contributed by atoms with van der Waals surface area (Å²) in [6.07, 6.45) is 5.79. The summed E-state index contributed by atoms with van der Waals surface area (Å²) < 4.78 is 0. The van der Waals surface area contributed by atoms with Crippen LogP contribution in [-0.2, 0) is 0 Å². The number of aromatic nitrogens is 4. The van der Waals surface area contributed by atoms with Crippen molar-refractivity contribution in [3.63, 3.8) is 0 Å². The molecule has 0 aliphatic carbocycles. The van der Waals surface area contributed by atoms with Crippen LogP contribution in [-0.4, -0.2) is 45.3 Å². The van der Waals surface area contributed by atoms with E-state index in [1.807, 2.05) is 25.1 Å². The molecule has 1 fully saturated rings. The fourth-order valence-corrected chi connectivity index (χ4v) is 3.89. The van der Waals surface area contributed by atoms with Gasteiger partial charge in [-0.25, -0.2) is 9.78 Å². The summed E-state index contributed by atoms with van der Waals surface area (Å²) in [6, 6.07) is 9.63. The average molecular weight is 373 g/mol. The first-order chi connectivity index (χ1) is 13.7. The number of hydrogen-bond acceptors (Lipinski definition) is 6. The number of aryl methyl sites for hydroxylation is 1. The second-order valence-electron chi connectivity index (χ2n) is 7.04. The molecule has 0 spiro atoms. The molecular formula is C20H19N7O. The molecule has 3 aromatic rings. The smallest absolute Gasteiger partial charge is 0.327 e. The number of anilines is 3. The SMILES string of the molecule is Cc1cc(-c2ccc3c(n2)N(C(=O)Nc2ccnnc2)C2CCN3C2)ccn1. The Balaban J connectivity index is 1.54. The molecule has 2 bridgehead atoms. The summed E-state index contributed by atoms with van der Waals surface area (Å²) in [6.45, 7) is 3.70. The maximum absolute atomic E-state index is 13.1. The Bertz CT molecular complexity index is 1040. The number of nitrogens with zero attached hydrogens (tertiary/aromatic N) is 6. The van der Waals surface area contributed by atoms with Crippen molar-refractivity contribution in [2.45, 2.75) is 19.4 Å². The van der Waals surface area contributed by atoms with Crippen LogP contribution >= 0.6 is 0 Å². The zero-order valence-electron chi connectivity index (χ0n) is 15.4. The maximum atomic E-state index is 13.1. The van der Waals surface area contributed by atoms with Gasteiger partial charge in [-0.2, -0.15) is 10.2 Å². The molecule has 28 heavy (non-hydrogen) atoms. The highest BCUT2D eigenvalue weighted by Crippen LogP contribution is 2.40. The minimum absolute atomic E-state index is 0.101. The first kappa shape index (κ1) is 16.6.